The zero-order chi connectivity index (χ0) is 18.1. The van der Waals surface area contributed by atoms with Crippen LogP contribution in [0.4, 0.5) is 0 Å². The van der Waals surface area contributed by atoms with Gasteiger partial charge < -0.3 is 4.74 Å². The third kappa shape index (κ3) is 7.04. The molecule has 0 aliphatic carbocycles. The van der Waals surface area contributed by atoms with E-state index in [1.807, 2.05) is 0 Å². The van der Waals surface area contributed by atoms with Crippen molar-refractivity contribution in [3.05, 3.63) is 69.8 Å². The predicted octanol–water partition coefficient (Wildman–Crippen LogP) is 6.28. The van der Waals surface area contributed by atoms with Gasteiger partial charge in [-0.25, -0.2) is 0 Å². The quantitative estimate of drug-likeness (QED) is 0.463. The fraction of sp³-hybridized carbons (Fsp3) is 0.500. The van der Waals surface area contributed by atoms with E-state index in [0.29, 0.717) is 0 Å². The summed E-state index contributed by atoms with van der Waals surface area (Å²) in [5, 5.41) is 0. The maximum atomic E-state index is 5.81. The number of hydrogen-bond acceptors (Lipinski definition) is 1. The summed E-state index contributed by atoms with van der Waals surface area (Å²) in [7, 11) is 0. The van der Waals surface area contributed by atoms with E-state index in [2.05, 4.69) is 64.1 Å². The normalized spacial score (nSPS) is 11.0. The molecule has 0 aromatic heterocycles. The van der Waals surface area contributed by atoms with Crippen LogP contribution in [0.2, 0.25) is 0 Å². The molecule has 2 aromatic rings. The molecule has 0 saturated heterocycles. The number of unbranched alkanes of at least 4 members (excludes halogenated alkanes) is 2. The van der Waals surface area contributed by atoms with Crippen LogP contribution in [-0.2, 0) is 17.6 Å². The van der Waals surface area contributed by atoms with Gasteiger partial charge in [0.25, 0.3) is 0 Å². The van der Waals surface area contributed by atoms with Crippen molar-refractivity contribution in [2.45, 2.75) is 66.2 Å². The molecular formula is C24H34O. The summed E-state index contributed by atoms with van der Waals surface area (Å²) < 4.78 is 5.81. The number of hydrogen-bond donors (Lipinski definition) is 0. The van der Waals surface area contributed by atoms with Crippen LogP contribution in [0.25, 0.3) is 0 Å². The first-order valence-electron chi connectivity index (χ1n) is 9.76. The van der Waals surface area contributed by atoms with Gasteiger partial charge in [0.2, 0.25) is 0 Å². The molecule has 0 amide bonds. The highest BCUT2D eigenvalue weighted by molar-refractivity contribution is 5.31. The molecule has 0 aliphatic heterocycles. The number of benzene rings is 2. The van der Waals surface area contributed by atoms with Gasteiger partial charge in [0.05, 0.1) is 0 Å². The van der Waals surface area contributed by atoms with Crippen molar-refractivity contribution in [1.29, 1.82) is 0 Å². The van der Waals surface area contributed by atoms with Crippen LogP contribution in [0.3, 0.4) is 0 Å². The van der Waals surface area contributed by atoms with Crippen molar-refractivity contribution in [3.63, 3.8) is 0 Å². The SMILES string of the molecule is Cc1ccc(CCCCOCCCCc2ccc(C)cc2C)c(C)c1. The van der Waals surface area contributed by atoms with Gasteiger partial charge in [-0.15, -0.1) is 0 Å². The van der Waals surface area contributed by atoms with Crippen LogP contribution in [-0.4, -0.2) is 13.2 Å². The molecular weight excluding hydrogens is 304 g/mol. The largest absolute Gasteiger partial charge is 0.381 e. The highest BCUT2D eigenvalue weighted by Crippen LogP contribution is 2.14. The lowest BCUT2D eigenvalue weighted by Crippen LogP contribution is -2.00. The number of aryl methyl sites for hydroxylation is 6. The summed E-state index contributed by atoms with van der Waals surface area (Å²) in [5.74, 6) is 0. The van der Waals surface area contributed by atoms with Gasteiger partial charge in [-0.3, -0.25) is 0 Å². The Labute approximate surface area is 154 Å². The highest BCUT2D eigenvalue weighted by atomic mass is 16.5. The van der Waals surface area contributed by atoms with E-state index in [0.717, 1.165) is 26.1 Å². The molecule has 0 fully saturated rings. The van der Waals surface area contributed by atoms with Crippen LogP contribution in [0.1, 0.15) is 59.1 Å². The minimum atomic E-state index is 0.897. The van der Waals surface area contributed by atoms with Gasteiger partial charge in [0.1, 0.15) is 0 Å². The van der Waals surface area contributed by atoms with E-state index < -0.39 is 0 Å². The Morgan fingerprint density at radius 2 is 1.04 bits per heavy atom. The summed E-state index contributed by atoms with van der Waals surface area (Å²) in [4.78, 5) is 0. The smallest absolute Gasteiger partial charge is 0.0466 e. The standard InChI is InChI=1S/C24H34O/c1-19-11-13-23(21(3)17-19)9-5-7-15-25-16-8-6-10-24-14-12-20(2)18-22(24)4/h11-14,17-18H,5-10,15-16H2,1-4H3. The molecule has 136 valence electrons. The third-order valence-corrected chi connectivity index (χ3v) is 4.97. The van der Waals surface area contributed by atoms with E-state index in [1.54, 1.807) is 0 Å². The van der Waals surface area contributed by atoms with Crippen LogP contribution in [0.5, 0.6) is 0 Å². The van der Waals surface area contributed by atoms with E-state index >= 15 is 0 Å². The topological polar surface area (TPSA) is 9.23 Å². The molecule has 0 spiro atoms. The summed E-state index contributed by atoms with van der Waals surface area (Å²) in [6, 6.07) is 13.5. The molecule has 0 aliphatic rings. The zero-order valence-corrected chi connectivity index (χ0v) is 16.5. The Bertz CT molecular complexity index is 600. The molecule has 0 heterocycles. The van der Waals surface area contributed by atoms with Crippen LogP contribution >= 0.6 is 0 Å². The maximum absolute atomic E-state index is 5.81. The Kier molecular flexibility index (Phi) is 8.21. The Balaban J connectivity index is 1.51. The number of ether oxygens (including phenoxy) is 1. The van der Waals surface area contributed by atoms with E-state index in [1.165, 1.54) is 59.1 Å². The van der Waals surface area contributed by atoms with Gasteiger partial charge in [-0.05, 0) is 88.5 Å². The maximum Gasteiger partial charge on any atom is 0.0466 e. The summed E-state index contributed by atoms with van der Waals surface area (Å²) in [5.41, 5.74) is 8.52. The molecule has 1 nitrogen and oxygen atoms in total. The van der Waals surface area contributed by atoms with Crippen LogP contribution < -0.4 is 0 Å². The summed E-state index contributed by atoms with van der Waals surface area (Å²) in [6.45, 7) is 10.5. The van der Waals surface area contributed by atoms with Crippen molar-refractivity contribution >= 4 is 0 Å². The van der Waals surface area contributed by atoms with Crippen molar-refractivity contribution in [2.24, 2.45) is 0 Å². The van der Waals surface area contributed by atoms with Gasteiger partial charge in [-0.2, -0.15) is 0 Å². The Morgan fingerprint density at radius 1 is 0.600 bits per heavy atom. The van der Waals surface area contributed by atoms with Crippen molar-refractivity contribution in [2.75, 3.05) is 13.2 Å². The van der Waals surface area contributed by atoms with E-state index in [-0.39, 0.29) is 0 Å². The summed E-state index contributed by atoms with van der Waals surface area (Å²) in [6.07, 6.45) is 7.08. The molecule has 0 bridgehead atoms. The molecule has 2 aromatic carbocycles. The molecule has 0 N–H and O–H groups in total. The predicted molar refractivity (Wildman–Crippen MR) is 109 cm³/mol. The van der Waals surface area contributed by atoms with E-state index in [4.69, 9.17) is 4.74 Å². The summed E-state index contributed by atoms with van der Waals surface area (Å²) >= 11 is 0. The first-order valence-corrected chi connectivity index (χ1v) is 9.76. The lowest BCUT2D eigenvalue weighted by molar-refractivity contribution is 0.127. The first kappa shape index (κ1) is 19.7. The van der Waals surface area contributed by atoms with Crippen LogP contribution in [0, 0.1) is 27.7 Å². The van der Waals surface area contributed by atoms with Crippen molar-refractivity contribution < 1.29 is 4.74 Å². The second-order valence-electron chi connectivity index (χ2n) is 7.39. The average molecular weight is 339 g/mol. The fourth-order valence-electron chi connectivity index (χ4n) is 3.39. The molecule has 0 atom stereocenters. The first-order chi connectivity index (χ1) is 12.1. The minimum absolute atomic E-state index is 0.897. The van der Waals surface area contributed by atoms with Crippen molar-refractivity contribution in [1.82, 2.24) is 0 Å². The van der Waals surface area contributed by atoms with Gasteiger partial charge in [-0.1, -0.05) is 47.5 Å². The average Bonchev–Trinajstić information content (AvgIpc) is 2.56. The molecule has 0 saturated carbocycles. The molecule has 0 unspecified atom stereocenters. The minimum Gasteiger partial charge on any atom is -0.381 e. The van der Waals surface area contributed by atoms with E-state index in [9.17, 15) is 0 Å². The van der Waals surface area contributed by atoms with Gasteiger partial charge in [0.15, 0.2) is 0 Å². The van der Waals surface area contributed by atoms with Gasteiger partial charge >= 0.3 is 0 Å². The van der Waals surface area contributed by atoms with Gasteiger partial charge in [0, 0.05) is 13.2 Å². The molecule has 2 rings (SSSR count). The highest BCUT2D eigenvalue weighted by Gasteiger charge is 2.00. The number of rotatable bonds is 10. The Morgan fingerprint density at radius 3 is 1.44 bits per heavy atom. The monoisotopic (exact) mass is 338 g/mol. The van der Waals surface area contributed by atoms with Crippen molar-refractivity contribution in [3.8, 4) is 0 Å². The lowest BCUT2D eigenvalue weighted by atomic mass is 10.0. The molecule has 0 radical (unpaired) electrons. The second-order valence-corrected chi connectivity index (χ2v) is 7.39. The zero-order valence-electron chi connectivity index (χ0n) is 16.5. The third-order valence-electron chi connectivity index (χ3n) is 4.97. The molecule has 25 heavy (non-hydrogen) atoms. The molecule has 1 heteroatoms. The lowest BCUT2D eigenvalue weighted by Gasteiger charge is -2.08. The fourth-order valence-corrected chi connectivity index (χ4v) is 3.39. The Hall–Kier alpha value is -1.60. The van der Waals surface area contributed by atoms with Crippen LogP contribution in [0.15, 0.2) is 36.4 Å². The second kappa shape index (κ2) is 10.4.